The molecule has 1 aromatic carbocycles. The largest absolute Gasteiger partial charge is 0.304 e. The highest BCUT2D eigenvalue weighted by atomic mass is 19.1. The van der Waals surface area contributed by atoms with Gasteiger partial charge in [-0.15, -0.1) is 0 Å². The summed E-state index contributed by atoms with van der Waals surface area (Å²) in [5.74, 6) is 4.91. The molecule has 2 N–H and O–H groups in total. The quantitative estimate of drug-likeness (QED) is 0.872. The third-order valence-electron chi connectivity index (χ3n) is 3.94. The van der Waals surface area contributed by atoms with Crippen molar-refractivity contribution in [1.29, 1.82) is 0 Å². The summed E-state index contributed by atoms with van der Waals surface area (Å²) in [7, 11) is 0. The summed E-state index contributed by atoms with van der Waals surface area (Å²) in [6.45, 7) is 2.46. The van der Waals surface area contributed by atoms with Gasteiger partial charge >= 0.3 is 0 Å². The minimum absolute atomic E-state index is 0.233. The lowest BCUT2D eigenvalue weighted by Gasteiger charge is -2.05. The van der Waals surface area contributed by atoms with Crippen LogP contribution < -0.4 is 5.90 Å². The number of nitrogens with zero attached hydrogens (tertiary/aromatic N) is 1. The molecular weight excluding hydrogens is 279 g/mol. The Labute approximate surface area is 128 Å². The van der Waals surface area contributed by atoms with E-state index in [0.717, 1.165) is 33.4 Å². The fourth-order valence-corrected chi connectivity index (χ4v) is 2.86. The first-order valence-electron chi connectivity index (χ1n) is 7.14. The maximum atomic E-state index is 13.6. The van der Waals surface area contributed by atoms with Crippen LogP contribution >= 0.6 is 0 Å². The van der Waals surface area contributed by atoms with Gasteiger partial charge in [0.25, 0.3) is 0 Å². The molecule has 0 spiro atoms. The van der Waals surface area contributed by atoms with Gasteiger partial charge in [0.2, 0.25) is 0 Å². The number of aromatic nitrogens is 1. The van der Waals surface area contributed by atoms with Crippen LogP contribution in [0.25, 0.3) is 17.2 Å². The number of fused-ring (bicyclic) bond motifs is 1. The Hall–Kier alpha value is -2.30. The maximum Gasteiger partial charge on any atom is 0.123 e. The Morgan fingerprint density at radius 3 is 2.68 bits per heavy atom. The molecule has 1 heterocycles. The average molecular weight is 296 g/mol. The summed E-state index contributed by atoms with van der Waals surface area (Å²) in [5, 5.41) is 0. The van der Waals surface area contributed by atoms with Gasteiger partial charge in [-0.3, -0.25) is 4.98 Å². The fraction of sp³-hybridized carbons (Fsp3) is 0.167. The topological polar surface area (TPSA) is 48.1 Å². The van der Waals surface area contributed by atoms with Crippen molar-refractivity contribution in [3.05, 3.63) is 70.8 Å². The van der Waals surface area contributed by atoms with Crippen LogP contribution in [0.1, 0.15) is 30.0 Å². The summed E-state index contributed by atoms with van der Waals surface area (Å²) in [4.78, 5) is 8.72. The number of pyridine rings is 1. The van der Waals surface area contributed by atoms with E-state index in [-0.39, 0.29) is 5.82 Å². The minimum atomic E-state index is -0.233. The standard InChI is InChI=1S/C18H17FN2O/c1-12-15(6-9-22-20)18-11-14(19)2-3-16(18)17(12)10-13-4-7-21-8-5-13/h2-5,7-8,10-11H,6,9,20H2,1H3. The smallest absolute Gasteiger partial charge is 0.123 e. The monoisotopic (exact) mass is 296 g/mol. The molecule has 2 aromatic rings. The molecule has 112 valence electrons. The van der Waals surface area contributed by atoms with Crippen molar-refractivity contribution in [2.24, 2.45) is 5.90 Å². The van der Waals surface area contributed by atoms with Crippen LogP contribution in [0.15, 0.2) is 48.3 Å². The number of nitrogens with two attached hydrogens (primary N) is 1. The second-order valence-corrected chi connectivity index (χ2v) is 5.25. The van der Waals surface area contributed by atoms with Crippen molar-refractivity contribution in [2.45, 2.75) is 13.3 Å². The van der Waals surface area contributed by atoms with Crippen molar-refractivity contribution in [1.82, 2.24) is 4.98 Å². The predicted octanol–water partition coefficient (Wildman–Crippen LogP) is 3.83. The van der Waals surface area contributed by atoms with Gasteiger partial charge in [0.15, 0.2) is 0 Å². The van der Waals surface area contributed by atoms with E-state index in [1.54, 1.807) is 18.5 Å². The zero-order valence-corrected chi connectivity index (χ0v) is 12.3. The molecule has 0 bridgehead atoms. The Bertz CT molecular complexity index is 751. The number of hydrogen-bond donors (Lipinski definition) is 1. The van der Waals surface area contributed by atoms with Crippen molar-refractivity contribution in [2.75, 3.05) is 6.61 Å². The van der Waals surface area contributed by atoms with E-state index in [9.17, 15) is 4.39 Å². The Morgan fingerprint density at radius 1 is 1.18 bits per heavy atom. The van der Waals surface area contributed by atoms with Gasteiger partial charge in [-0.05, 0) is 77.1 Å². The van der Waals surface area contributed by atoms with E-state index >= 15 is 0 Å². The zero-order chi connectivity index (χ0) is 15.5. The predicted molar refractivity (Wildman–Crippen MR) is 85.9 cm³/mol. The second kappa shape index (κ2) is 6.22. The molecule has 0 radical (unpaired) electrons. The number of hydrogen-bond acceptors (Lipinski definition) is 3. The van der Waals surface area contributed by atoms with Crippen molar-refractivity contribution >= 4 is 17.2 Å². The van der Waals surface area contributed by atoms with Crippen molar-refractivity contribution in [3.63, 3.8) is 0 Å². The number of benzene rings is 1. The van der Waals surface area contributed by atoms with Gasteiger partial charge in [0.1, 0.15) is 5.82 Å². The van der Waals surface area contributed by atoms with E-state index in [1.807, 2.05) is 18.2 Å². The van der Waals surface area contributed by atoms with Gasteiger partial charge in [0.05, 0.1) is 6.61 Å². The van der Waals surface area contributed by atoms with Gasteiger partial charge in [-0.2, -0.15) is 0 Å². The highest BCUT2D eigenvalue weighted by Gasteiger charge is 2.23. The summed E-state index contributed by atoms with van der Waals surface area (Å²) in [5.41, 5.74) is 6.36. The average Bonchev–Trinajstić information content (AvgIpc) is 2.78. The summed E-state index contributed by atoms with van der Waals surface area (Å²) >= 11 is 0. The van der Waals surface area contributed by atoms with Crippen LogP contribution in [-0.4, -0.2) is 11.6 Å². The lowest BCUT2D eigenvalue weighted by molar-refractivity contribution is 0.144. The van der Waals surface area contributed by atoms with Crippen LogP contribution in [0.4, 0.5) is 4.39 Å². The molecule has 0 aliphatic heterocycles. The second-order valence-electron chi connectivity index (χ2n) is 5.25. The molecule has 22 heavy (non-hydrogen) atoms. The first-order chi connectivity index (χ1) is 10.7. The Balaban J connectivity index is 2.11. The molecule has 0 atom stereocenters. The normalized spacial score (nSPS) is 15.5. The van der Waals surface area contributed by atoms with E-state index < -0.39 is 0 Å². The van der Waals surface area contributed by atoms with Crippen molar-refractivity contribution < 1.29 is 9.23 Å². The SMILES string of the molecule is CC1=C(CCON)c2cc(F)ccc2C1=Cc1ccncc1. The molecule has 3 rings (SSSR count). The van der Waals surface area contributed by atoms with E-state index in [2.05, 4.69) is 18.0 Å². The third kappa shape index (κ3) is 2.71. The van der Waals surface area contributed by atoms with Crippen LogP contribution in [-0.2, 0) is 4.84 Å². The molecule has 1 aliphatic carbocycles. The molecule has 0 saturated heterocycles. The molecule has 4 heteroatoms. The molecule has 0 fully saturated rings. The maximum absolute atomic E-state index is 13.6. The first kappa shape index (κ1) is 14.6. The van der Waals surface area contributed by atoms with E-state index in [0.29, 0.717) is 13.0 Å². The van der Waals surface area contributed by atoms with Gasteiger partial charge in [-0.1, -0.05) is 6.07 Å². The molecule has 1 aromatic heterocycles. The van der Waals surface area contributed by atoms with Crippen molar-refractivity contribution in [3.8, 4) is 0 Å². The highest BCUT2D eigenvalue weighted by Crippen LogP contribution is 2.43. The fourth-order valence-electron chi connectivity index (χ4n) is 2.86. The Morgan fingerprint density at radius 2 is 1.95 bits per heavy atom. The third-order valence-corrected chi connectivity index (χ3v) is 3.94. The number of halogens is 1. The van der Waals surface area contributed by atoms with Crippen LogP contribution in [0, 0.1) is 5.82 Å². The van der Waals surface area contributed by atoms with E-state index in [4.69, 9.17) is 10.7 Å². The van der Waals surface area contributed by atoms with Gasteiger partial charge in [0, 0.05) is 12.4 Å². The zero-order valence-electron chi connectivity index (χ0n) is 12.3. The molecular formula is C18H17FN2O. The highest BCUT2D eigenvalue weighted by molar-refractivity contribution is 6.05. The summed E-state index contributed by atoms with van der Waals surface area (Å²) in [6.07, 6.45) is 6.28. The van der Waals surface area contributed by atoms with Gasteiger partial charge < -0.3 is 4.84 Å². The van der Waals surface area contributed by atoms with Crippen LogP contribution in [0.5, 0.6) is 0 Å². The molecule has 0 amide bonds. The first-order valence-corrected chi connectivity index (χ1v) is 7.14. The molecule has 0 unspecified atom stereocenters. The lowest BCUT2D eigenvalue weighted by atomic mass is 10.0. The molecule has 3 nitrogen and oxygen atoms in total. The molecule has 1 aliphatic rings. The summed E-state index contributed by atoms with van der Waals surface area (Å²) < 4.78 is 13.6. The lowest BCUT2D eigenvalue weighted by Crippen LogP contribution is -2.01. The summed E-state index contributed by atoms with van der Waals surface area (Å²) in [6, 6.07) is 8.80. The Kier molecular flexibility index (Phi) is 4.13. The number of rotatable bonds is 4. The minimum Gasteiger partial charge on any atom is -0.304 e. The molecule has 0 saturated carbocycles. The van der Waals surface area contributed by atoms with Crippen LogP contribution in [0.2, 0.25) is 0 Å². The van der Waals surface area contributed by atoms with Crippen LogP contribution in [0.3, 0.4) is 0 Å². The van der Waals surface area contributed by atoms with E-state index in [1.165, 1.54) is 6.07 Å². The number of allylic oxidation sites excluding steroid dienone is 2. The van der Waals surface area contributed by atoms with Gasteiger partial charge in [-0.25, -0.2) is 10.3 Å².